The number of rotatable bonds is 2. The molecule has 1 heterocycles. The van der Waals surface area contributed by atoms with Gasteiger partial charge < -0.3 is 0 Å². The summed E-state index contributed by atoms with van der Waals surface area (Å²) in [5.74, 6) is 0.831. The number of alkyl halides is 1. The van der Waals surface area contributed by atoms with Crippen LogP contribution in [0.1, 0.15) is 23.5 Å². The van der Waals surface area contributed by atoms with Crippen LogP contribution in [0.4, 0.5) is 4.39 Å². The predicted octanol–water partition coefficient (Wildman–Crippen LogP) is 3.28. The second kappa shape index (κ2) is 3.91. The van der Waals surface area contributed by atoms with Gasteiger partial charge in [-0.1, -0.05) is 24.3 Å². The van der Waals surface area contributed by atoms with Crippen LogP contribution in [0, 0.1) is 6.92 Å². The summed E-state index contributed by atoms with van der Waals surface area (Å²) in [6.45, 7) is 1.96. The Hall–Kier alpha value is -1.77. The number of benzene rings is 1. The van der Waals surface area contributed by atoms with E-state index in [4.69, 9.17) is 0 Å². The monoisotopic (exact) mass is 228 g/mol. The van der Waals surface area contributed by atoms with E-state index in [1.165, 1.54) is 0 Å². The van der Waals surface area contributed by atoms with Crippen molar-refractivity contribution in [2.45, 2.75) is 25.4 Å². The van der Waals surface area contributed by atoms with Gasteiger partial charge in [-0.3, -0.25) is 0 Å². The summed E-state index contributed by atoms with van der Waals surface area (Å²) in [5.41, 5.74) is 3.10. The topological polar surface area (TPSA) is 25.8 Å². The van der Waals surface area contributed by atoms with Crippen molar-refractivity contribution in [1.82, 2.24) is 9.97 Å². The molecule has 0 unspecified atom stereocenters. The van der Waals surface area contributed by atoms with Gasteiger partial charge in [-0.15, -0.1) is 0 Å². The number of aryl methyl sites for hydroxylation is 1. The van der Waals surface area contributed by atoms with Gasteiger partial charge in [-0.05, 0) is 24.5 Å². The molecule has 1 aliphatic carbocycles. The van der Waals surface area contributed by atoms with Gasteiger partial charge in [0, 0.05) is 23.9 Å². The molecule has 0 amide bonds. The van der Waals surface area contributed by atoms with Crippen molar-refractivity contribution in [3.63, 3.8) is 0 Å². The van der Waals surface area contributed by atoms with Crippen molar-refractivity contribution in [1.29, 1.82) is 0 Å². The first-order chi connectivity index (χ1) is 8.24. The maximum atomic E-state index is 12.9. The normalized spacial score (nSPS) is 22.5. The highest BCUT2D eigenvalue weighted by Crippen LogP contribution is 2.43. The summed E-state index contributed by atoms with van der Waals surface area (Å²) in [5, 5.41) is 0. The molecule has 0 radical (unpaired) electrons. The summed E-state index contributed by atoms with van der Waals surface area (Å²) < 4.78 is 12.9. The molecule has 1 aliphatic rings. The second-order valence-electron chi connectivity index (χ2n) is 4.56. The fraction of sp³-hybridized carbons (Fsp3) is 0.286. The summed E-state index contributed by atoms with van der Waals surface area (Å²) in [6.07, 6.45) is 3.63. The van der Waals surface area contributed by atoms with Crippen molar-refractivity contribution in [2.24, 2.45) is 0 Å². The minimum atomic E-state index is -0.642. The van der Waals surface area contributed by atoms with Crippen LogP contribution in [0.15, 0.2) is 36.7 Å². The smallest absolute Gasteiger partial charge is 0.159 e. The highest BCUT2D eigenvalue weighted by Gasteiger charge is 2.38. The van der Waals surface area contributed by atoms with E-state index in [0.717, 1.165) is 22.5 Å². The first-order valence-corrected chi connectivity index (χ1v) is 5.77. The SMILES string of the molecule is Cc1cnc(-c2ccc([C@@H]3C[C@@H]3F)cc2)nc1. The van der Waals surface area contributed by atoms with Crippen molar-refractivity contribution < 1.29 is 4.39 Å². The van der Waals surface area contributed by atoms with Crippen LogP contribution in [0.2, 0.25) is 0 Å². The third-order valence-corrected chi connectivity index (χ3v) is 3.09. The van der Waals surface area contributed by atoms with E-state index < -0.39 is 6.17 Å². The molecule has 2 atom stereocenters. The van der Waals surface area contributed by atoms with Crippen LogP contribution in [-0.4, -0.2) is 16.1 Å². The third-order valence-electron chi connectivity index (χ3n) is 3.09. The molecular weight excluding hydrogens is 215 g/mol. The highest BCUT2D eigenvalue weighted by molar-refractivity contribution is 5.55. The molecule has 17 heavy (non-hydrogen) atoms. The molecule has 3 heteroatoms. The zero-order valence-corrected chi connectivity index (χ0v) is 9.60. The van der Waals surface area contributed by atoms with E-state index in [-0.39, 0.29) is 5.92 Å². The van der Waals surface area contributed by atoms with Crippen molar-refractivity contribution >= 4 is 0 Å². The van der Waals surface area contributed by atoms with Gasteiger partial charge in [0.15, 0.2) is 5.82 Å². The van der Waals surface area contributed by atoms with Crippen LogP contribution in [0.3, 0.4) is 0 Å². The van der Waals surface area contributed by atoms with Crippen molar-refractivity contribution in [2.75, 3.05) is 0 Å². The minimum absolute atomic E-state index is 0.114. The zero-order chi connectivity index (χ0) is 11.8. The molecule has 1 saturated carbocycles. The first kappa shape index (κ1) is 10.4. The quantitative estimate of drug-likeness (QED) is 0.788. The Balaban J connectivity index is 1.86. The fourth-order valence-electron chi connectivity index (χ4n) is 1.93. The molecular formula is C14H13FN2. The Morgan fingerprint density at radius 1 is 1.12 bits per heavy atom. The van der Waals surface area contributed by atoms with Crippen molar-refractivity contribution in [3.05, 3.63) is 47.8 Å². The molecule has 86 valence electrons. The molecule has 1 aromatic carbocycles. The zero-order valence-electron chi connectivity index (χ0n) is 9.60. The molecule has 0 spiro atoms. The average molecular weight is 228 g/mol. The Labute approximate surface area is 99.5 Å². The Morgan fingerprint density at radius 3 is 2.24 bits per heavy atom. The lowest BCUT2D eigenvalue weighted by atomic mass is 10.1. The van der Waals surface area contributed by atoms with Gasteiger partial charge in [-0.25, -0.2) is 14.4 Å². The van der Waals surface area contributed by atoms with E-state index in [1.807, 2.05) is 31.2 Å². The van der Waals surface area contributed by atoms with Crippen LogP contribution in [-0.2, 0) is 0 Å². The molecule has 3 rings (SSSR count). The van der Waals surface area contributed by atoms with E-state index in [2.05, 4.69) is 9.97 Å². The highest BCUT2D eigenvalue weighted by atomic mass is 19.1. The lowest BCUT2D eigenvalue weighted by molar-refractivity contribution is 0.468. The first-order valence-electron chi connectivity index (χ1n) is 5.77. The Kier molecular flexibility index (Phi) is 2.39. The fourth-order valence-corrected chi connectivity index (χ4v) is 1.93. The van der Waals surface area contributed by atoms with E-state index >= 15 is 0 Å². The summed E-state index contributed by atoms with van der Waals surface area (Å²) in [6, 6.07) is 7.88. The lowest BCUT2D eigenvalue weighted by Crippen LogP contribution is -1.90. The molecule has 2 nitrogen and oxygen atoms in total. The summed E-state index contributed by atoms with van der Waals surface area (Å²) in [7, 11) is 0. The summed E-state index contributed by atoms with van der Waals surface area (Å²) >= 11 is 0. The van der Waals surface area contributed by atoms with Crippen LogP contribution >= 0.6 is 0 Å². The van der Waals surface area contributed by atoms with Gasteiger partial charge in [-0.2, -0.15) is 0 Å². The largest absolute Gasteiger partial charge is 0.247 e. The predicted molar refractivity (Wildman–Crippen MR) is 64.5 cm³/mol. The molecule has 1 aromatic heterocycles. The maximum Gasteiger partial charge on any atom is 0.159 e. The molecule has 1 fully saturated rings. The molecule has 0 bridgehead atoms. The van der Waals surface area contributed by atoms with Crippen LogP contribution < -0.4 is 0 Å². The number of nitrogens with zero attached hydrogens (tertiary/aromatic N) is 2. The van der Waals surface area contributed by atoms with E-state index in [9.17, 15) is 4.39 Å². The molecule has 0 N–H and O–H groups in total. The van der Waals surface area contributed by atoms with Crippen LogP contribution in [0.25, 0.3) is 11.4 Å². The molecule has 0 aliphatic heterocycles. The van der Waals surface area contributed by atoms with E-state index in [1.54, 1.807) is 12.4 Å². The maximum absolute atomic E-state index is 12.9. The molecule has 2 aromatic rings. The van der Waals surface area contributed by atoms with Gasteiger partial charge >= 0.3 is 0 Å². The molecule has 0 saturated heterocycles. The van der Waals surface area contributed by atoms with Gasteiger partial charge in [0.1, 0.15) is 6.17 Å². The van der Waals surface area contributed by atoms with Crippen LogP contribution in [0.5, 0.6) is 0 Å². The van der Waals surface area contributed by atoms with E-state index in [0.29, 0.717) is 6.42 Å². The average Bonchev–Trinajstić information content (AvgIpc) is 3.08. The second-order valence-corrected chi connectivity index (χ2v) is 4.56. The number of hydrogen-bond donors (Lipinski definition) is 0. The Morgan fingerprint density at radius 2 is 1.71 bits per heavy atom. The third kappa shape index (κ3) is 2.05. The van der Waals surface area contributed by atoms with Gasteiger partial charge in [0.25, 0.3) is 0 Å². The standard InChI is InChI=1S/C14H13FN2/c1-9-7-16-14(17-8-9)11-4-2-10(3-5-11)12-6-13(12)15/h2-5,7-8,12-13H,6H2,1H3/t12-,13-/m0/s1. The number of aromatic nitrogens is 2. The van der Waals surface area contributed by atoms with Gasteiger partial charge in [0.05, 0.1) is 0 Å². The lowest BCUT2D eigenvalue weighted by Gasteiger charge is -2.02. The van der Waals surface area contributed by atoms with Gasteiger partial charge in [0.2, 0.25) is 0 Å². The minimum Gasteiger partial charge on any atom is -0.247 e. The number of halogens is 1. The Bertz CT molecular complexity index is 519. The summed E-state index contributed by atoms with van der Waals surface area (Å²) in [4.78, 5) is 8.54. The van der Waals surface area contributed by atoms with Crippen molar-refractivity contribution in [3.8, 4) is 11.4 Å². The number of hydrogen-bond acceptors (Lipinski definition) is 2.